The predicted molar refractivity (Wildman–Crippen MR) is 119 cm³/mol. The summed E-state index contributed by atoms with van der Waals surface area (Å²) in [6, 6.07) is 0. The summed E-state index contributed by atoms with van der Waals surface area (Å²) in [5.74, 6) is -4.71. The van der Waals surface area contributed by atoms with Crippen LogP contribution in [0.2, 0.25) is 0 Å². The number of alkyl halides is 1. The van der Waals surface area contributed by atoms with Gasteiger partial charge in [0, 0.05) is 29.1 Å². The van der Waals surface area contributed by atoms with Gasteiger partial charge in [0.2, 0.25) is 11.6 Å². The van der Waals surface area contributed by atoms with Crippen molar-refractivity contribution in [2.75, 3.05) is 6.61 Å². The first-order valence-electron chi connectivity index (χ1n) is 12.2. The van der Waals surface area contributed by atoms with Gasteiger partial charge in [-0.3, -0.25) is 14.4 Å². The first-order chi connectivity index (χ1) is 15.8. The van der Waals surface area contributed by atoms with Gasteiger partial charge in [-0.05, 0) is 56.6 Å². The normalized spacial score (nSPS) is 45.5. The van der Waals surface area contributed by atoms with Gasteiger partial charge in [0.25, 0.3) is 0 Å². The summed E-state index contributed by atoms with van der Waals surface area (Å²) in [5, 5.41) is 21.2. The van der Waals surface area contributed by atoms with E-state index in [1.165, 1.54) is 13.0 Å². The maximum Gasteiger partial charge on any atom is 0.306 e. The molecule has 8 heteroatoms. The number of fused-ring (bicyclic) bond motifs is 5. The second kappa shape index (κ2) is 8.05. The second-order valence-corrected chi connectivity index (χ2v) is 11.0. The third kappa shape index (κ3) is 2.87. The molecule has 0 bridgehead atoms. The van der Waals surface area contributed by atoms with Crippen LogP contribution in [-0.4, -0.2) is 51.7 Å². The monoisotopic (exact) mass is 480 g/mol. The number of esters is 1. The van der Waals surface area contributed by atoms with Crippen molar-refractivity contribution in [1.29, 1.82) is 0 Å². The number of hydrogen-bond donors (Lipinski definition) is 2. The molecule has 0 aliphatic heterocycles. The van der Waals surface area contributed by atoms with Gasteiger partial charge in [0.05, 0.1) is 6.10 Å². The average molecular weight is 481 g/mol. The van der Waals surface area contributed by atoms with Crippen LogP contribution in [0.25, 0.3) is 0 Å². The Balaban J connectivity index is 1.85. The number of carbonyl (C=O) groups excluding carboxylic acids is 3. The summed E-state index contributed by atoms with van der Waals surface area (Å²) in [5.41, 5.74) is -6.53. The van der Waals surface area contributed by atoms with E-state index in [9.17, 15) is 29.0 Å². The van der Waals surface area contributed by atoms with E-state index in [-0.39, 0.29) is 31.3 Å². The largest absolute Gasteiger partial charge is 0.450 e. The molecule has 4 aliphatic carbocycles. The van der Waals surface area contributed by atoms with E-state index in [0.717, 1.165) is 6.08 Å². The molecule has 4 rings (SSSR count). The Hall–Kier alpha value is -1.93. The predicted octanol–water partition coefficient (Wildman–Crippen LogP) is 3.54. The van der Waals surface area contributed by atoms with E-state index in [1.54, 1.807) is 13.8 Å². The smallest absolute Gasteiger partial charge is 0.306 e. The number of hydrogen-bond acceptors (Lipinski definition) is 6. The molecule has 0 spiro atoms. The van der Waals surface area contributed by atoms with Gasteiger partial charge >= 0.3 is 5.97 Å². The molecule has 3 fully saturated rings. The Bertz CT molecular complexity index is 990. The van der Waals surface area contributed by atoms with Gasteiger partial charge in [0.15, 0.2) is 17.1 Å². The molecule has 188 valence electrons. The molecule has 0 radical (unpaired) electrons. The number of Topliss-reactive ketones (excluding diaryl/α,β-unsaturated/α-hetero) is 1. The van der Waals surface area contributed by atoms with E-state index in [0.29, 0.717) is 12.8 Å². The van der Waals surface area contributed by atoms with Crippen molar-refractivity contribution in [3.8, 4) is 0 Å². The fourth-order valence-electron chi connectivity index (χ4n) is 8.03. The van der Waals surface area contributed by atoms with E-state index in [1.807, 2.05) is 6.92 Å². The summed E-state index contributed by atoms with van der Waals surface area (Å²) in [6.07, 6.45) is 1.90. The molecule has 0 unspecified atom stereocenters. The molecule has 2 N–H and O–H groups in total. The van der Waals surface area contributed by atoms with Crippen LogP contribution in [0.5, 0.6) is 0 Å². The minimum Gasteiger partial charge on any atom is -0.450 e. The highest BCUT2D eigenvalue weighted by Gasteiger charge is 2.77. The van der Waals surface area contributed by atoms with Gasteiger partial charge < -0.3 is 14.9 Å². The lowest BCUT2D eigenvalue weighted by molar-refractivity contribution is -0.228. The number of ether oxygens (including phenoxy) is 1. The Morgan fingerprint density at radius 1 is 1.26 bits per heavy atom. The van der Waals surface area contributed by atoms with Crippen molar-refractivity contribution in [3.05, 3.63) is 23.6 Å². The zero-order valence-electron chi connectivity index (χ0n) is 20.2. The maximum absolute atomic E-state index is 17.2. The average Bonchev–Trinajstić information content (AvgIpc) is 2.99. The molecule has 0 aromatic rings. The maximum atomic E-state index is 17.2. The van der Waals surface area contributed by atoms with E-state index in [2.05, 4.69) is 0 Å². The molecule has 0 aromatic heterocycles. The number of ketones is 2. The highest BCUT2D eigenvalue weighted by atomic mass is 19.1. The number of aliphatic hydroxyl groups is 2. The molecule has 0 heterocycles. The number of carbonyl (C=O) groups is 3. The van der Waals surface area contributed by atoms with Crippen molar-refractivity contribution < 1.29 is 38.1 Å². The lowest BCUT2D eigenvalue weighted by atomic mass is 9.44. The molecule has 0 saturated heterocycles. The van der Waals surface area contributed by atoms with Crippen LogP contribution in [0.1, 0.15) is 66.2 Å². The lowest BCUT2D eigenvalue weighted by Crippen LogP contribution is -2.70. The van der Waals surface area contributed by atoms with Gasteiger partial charge in [-0.2, -0.15) is 0 Å². The zero-order valence-corrected chi connectivity index (χ0v) is 20.2. The molecule has 6 nitrogen and oxygen atoms in total. The van der Waals surface area contributed by atoms with Crippen LogP contribution < -0.4 is 0 Å². The Kier molecular flexibility index (Phi) is 5.96. The van der Waals surface area contributed by atoms with Crippen LogP contribution in [0.15, 0.2) is 23.6 Å². The minimum absolute atomic E-state index is 0.0690. The highest BCUT2D eigenvalue weighted by Crippen LogP contribution is 2.71. The molecule has 0 aromatic carbocycles. The number of allylic oxidation sites excluding steroid dienone is 4. The Labute approximate surface area is 198 Å². The zero-order chi connectivity index (χ0) is 25.3. The molecule has 3 saturated carbocycles. The number of aliphatic hydroxyl groups excluding tert-OH is 2. The van der Waals surface area contributed by atoms with Gasteiger partial charge in [0.1, 0.15) is 6.61 Å². The molecular formula is C26H34F2O6. The van der Waals surface area contributed by atoms with Crippen LogP contribution in [0.3, 0.4) is 0 Å². The first-order valence-corrected chi connectivity index (χ1v) is 12.2. The summed E-state index contributed by atoms with van der Waals surface area (Å²) in [7, 11) is 0. The molecule has 34 heavy (non-hydrogen) atoms. The number of halogens is 2. The summed E-state index contributed by atoms with van der Waals surface area (Å²) < 4.78 is 37.9. The van der Waals surface area contributed by atoms with Crippen LogP contribution in [0, 0.1) is 28.6 Å². The molecule has 4 aliphatic rings. The third-order valence-corrected chi connectivity index (χ3v) is 9.56. The standard InChI is InChI=1S/C26H34F2O6/c1-5-6-21(33)34-26(20(32)13-29)14(2)11-17-15-7-8-16-22(27)18(30)9-10-23(16,3)25(15,28)19(31)12-24(17,26)4/h9-10,14-15,17,19,29,31H,5-8,11-13H2,1-4H3/t14-,15-,17-,19-,23-,24-,25-,26+/m0/s1. The van der Waals surface area contributed by atoms with Crippen LogP contribution >= 0.6 is 0 Å². The van der Waals surface area contributed by atoms with Gasteiger partial charge in [-0.15, -0.1) is 0 Å². The van der Waals surface area contributed by atoms with Crippen molar-refractivity contribution in [2.24, 2.45) is 28.6 Å². The van der Waals surface area contributed by atoms with E-state index >= 15 is 4.39 Å². The van der Waals surface area contributed by atoms with Crippen molar-refractivity contribution in [1.82, 2.24) is 0 Å². The Morgan fingerprint density at radius 3 is 2.56 bits per heavy atom. The molecular weight excluding hydrogens is 446 g/mol. The molecule has 0 amide bonds. The third-order valence-electron chi connectivity index (χ3n) is 9.56. The Morgan fingerprint density at radius 2 is 1.94 bits per heavy atom. The van der Waals surface area contributed by atoms with Crippen molar-refractivity contribution >= 4 is 17.5 Å². The second-order valence-electron chi connectivity index (χ2n) is 11.0. The van der Waals surface area contributed by atoms with Crippen LogP contribution in [0.4, 0.5) is 8.78 Å². The van der Waals surface area contributed by atoms with E-state index in [4.69, 9.17) is 4.74 Å². The fraction of sp³-hybridized carbons (Fsp3) is 0.731. The van der Waals surface area contributed by atoms with Gasteiger partial charge in [-0.1, -0.05) is 26.8 Å². The van der Waals surface area contributed by atoms with Crippen molar-refractivity contribution in [3.63, 3.8) is 0 Å². The SMILES string of the molecule is CCCC(=O)O[C@@]1(C(=O)CO)[C@@H](C)C[C@H]2[C@@H]3CCC4=C(F)C(=O)C=C[C@]4(C)[C@@]3(F)[C@@H](O)C[C@@]21C. The van der Waals surface area contributed by atoms with Crippen molar-refractivity contribution in [2.45, 2.75) is 83.6 Å². The quantitative estimate of drug-likeness (QED) is 0.584. The minimum atomic E-state index is -2.27. The van der Waals surface area contributed by atoms with Crippen LogP contribution in [-0.2, 0) is 19.1 Å². The fourth-order valence-corrected chi connectivity index (χ4v) is 8.03. The topological polar surface area (TPSA) is 101 Å². The summed E-state index contributed by atoms with van der Waals surface area (Å²) in [6.45, 7) is 5.99. The lowest BCUT2D eigenvalue weighted by Gasteiger charge is -2.62. The summed E-state index contributed by atoms with van der Waals surface area (Å²) >= 11 is 0. The van der Waals surface area contributed by atoms with E-state index < -0.39 is 75.9 Å². The molecule has 8 atom stereocenters. The first kappa shape index (κ1) is 25.2. The summed E-state index contributed by atoms with van der Waals surface area (Å²) in [4.78, 5) is 37.8. The highest BCUT2D eigenvalue weighted by molar-refractivity contribution is 6.04. The van der Waals surface area contributed by atoms with Gasteiger partial charge in [-0.25, -0.2) is 8.78 Å². The number of rotatable bonds is 5.